The second kappa shape index (κ2) is 6.25. The van der Waals surface area contributed by atoms with E-state index in [1.165, 1.54) is 0 Å². The largest absolute Gasteiger partial charge is 0.480 e. The fourth-order valence-corrected chi connectivity index (χ4v) is 2.13. The summed E-state index contributed by atoms with van der Waals surface area (Å²) >= 11 is 3.35. The van der Waals surface area contributed by atoms with Gasteiger partial charge in [-0.25, -0.2) is 0 Å². The Hall–Kier alpha value is -0.390. The molecular weight excluding hydrogens is 260 g/mol. The molecule has 1 N–H and O–H groups in total. The molecule has 0 aliphatic carbocycles. The number of rotatable bonds is 4. The topological polar surface area (TPSA) is 43.8 Å². The molecule has 0 spiro atoms. The number of halogens is 1. The standard InChI is InChI=1S/C10H17BrN2O2/c1-9(11)7-12-3-2-4-13(6-5-12)8-10(14)15/h1-8H2,(H,14,15). The van der Waals surface area contributed by atoms with Crippen molar-refractivity contribution in [2.24, 2.45) is 0 Å². The molecule has 86 valence electrons. The summed E-state index contributed by atoms with van der Waals surface area (Å²) in [5, 5.41) is 8.69. The Balaban J connectivity index is 2.34. The molecule has 0 saturated carbocycles. The predicted molar refractivity (Wildman–Crippen MR) is 63.2 cm³/mol. The third-order valence-corrected chi connectivity index (χ3v) is 2.69. The number of hydrogen-bond acceptors (Lipinski definition) is 3. The fraction of sp³-hybridized carbons (Fsp3) is 0.700. The van der Waals surface area contributed by atoms with E-state index in [0.717, 1.165) is 43.6 Å². The van der Waals surface area contributed by atoms with Crippen LogP contribution in [0.2, 0.25) is 0 Å². The lowest BCUT2D eigenvalue weighted by molar-refractivity contribution is -0.138. The minimum absolute atomic E-state index is 0.156. The maximum absolute atomic E-state index is 10.6. The number of nitrogens with zero attached hydrogens (tertiary/aromatic N) is 2. The molecule has 0 aromatic carbocycles. The van der Waals surface area contributed by atoms with Crippen LogP contribution in [0.25, 0.3) is 0 Å². The summed E-state index contributed by atoms with van der Waals surface area (Å²) < 4.78 is 0.981. The van der Waals surface area contributed by atoms with Crippen LogP contribution in [0.3, 0.4) is 0 Å². The van der Waals surface area contributed by atoms with Gasteiger partial charge < -0.3 is 5.11 Å². The van der Waals surface area contributed by atoms with E-state index in [0.29, 0.717) is 0 Å². The number of carboxylic acid groups (broad SMARTS) is 1. The molecule has 0 unspecified atom stereocenters. The lowest BCUT2D eigenvalue weighted by atomic mass is 10.4. The van der Waals surface area contributed by atoms with E-state index in [2.05, 4.69) is 27.4 Å². The van der Waals surface area contributed by atoms with Crippen molar-refractivity contribution in [2.75, 3.05) is 39.3 Å². The van der Waals surface area contributed by atoms with Crippen LogP contribution < -0.4 is 0 Å². The third kappa shape index (κ3) is 5.30. The lowest BCUT2D eigenvalue weighted by Crippen LogP contribution is -2.34. The van der Waals surface area contributed by atoms with Crippen LogP contribution in [0.5, 0.6) is 0 Å². The van der Waals surface area contributed by atoms with Gasteiger partial charge in [0.1, 0.15) is 0 Å². The molecule has 0 amide bonds. The Bertz CT molecular complexity index is 222. The number of aliphatic carboxylic acids is 1. The zero-order valence-electron chi connectivity index (χ0n) is 8.78. The van der Waals surface area contributed by atoms with Gasteiger partial charge in [-0.3, -0.25) is 14.6 Å². The molecule has 15 heavy (non-hydrogen) atoms. The van der Waals surface area contributed by atoms with Gasteiger partial charge in [-0.15, -0.1) is 0 Å². The lowest BCUT2D eigenvalue weighted by Gasteiger charge is -2.20. The number of carbonyl (C=O) groups is 1. The summed E-state index contributed by atoms with van der Waals surface area (Å²) in [7, 11) is 0. The molecule has 1 heterocycles. The maximum atomic E-state index is 10.6. The van der Waals surface area contributed by atoms with E-state index in [1.54, 1.807) is 0 Å². The first-order valence-electron chi connectivity index (χ1n) is 5.07. The molecule has 1 aliphatic rings. The first kappa shape index (κ1) is 12.7. The van der Waals surface area contributed by atoms with E-state index in [-0.39, 0.29) is 6.54 Å². The van der Waals surface area contributed by atoms with Gasteiger partial charge in [0.05, 0.1) is 6.54 Å². The normalized spacial score (nSPS) is 19.8. The molecule has 4 nitrogen and oxygen atoms in total. The van der Waals surface area contributed by atoms with Crippen LogP contribution in [0.15, 0.2) is 11.1 Å². The minimum Gasteiger partial charge on any atom is -0.480 e. The van der Waals surface area contributed by atoms with Crippen molar-refractivity contribution >= 4 is 21.9 Å². The quantitative estimate of drug-likeness (QED) is 0.832. The van der Waals surface area contributed by atoms with Gasteiger partial charge in [0.15, 0.2) is 0 Å². The molecule has 5 heteroatoms. The van der Waals surface area contributed by atoms with E-state index in [4.69, 9.17) is 5.11 Å². The van der Waals surface area contributed by atoms with Crippen LogP contribution in [-0.4, -0.2) is 60.1 Å². The molecule has 1 aliphatic heterocycles. The first-order chi connectivity index (χ1) is 7.08. The summed E-state index contributed by atoms with van der Waals surface area (Å²) in [6.07, 6.45) is 1.02. The summed E-state index contributed by atoms with van der Waals surface area (Å²) in [6.45, 7) is 8.45. The summed E-state index contributed by atoms with van der Waals surface area (Å²) in [5.41, 5.74) is 0. The van der Waals surface area contributed by atoms with Crippen LogP contribution in [0, 0.1) is 0 Å². The number of carboxylic acids is 1. The molecule has 1 saturated heterocycles. The fourth-order valence-electron chi connectivity index (χ4n) is 1.77. The van der Waals surface area contributed by atoms with Crippen molar-refractivity contribution in [1.82, 2.24) is 9.80 Å². The van der Waals surface area contributed by atoms with Crippen molar-refractivity contribution in [3.05, 3.63) is 11.1 Å². The smallest absolute Gasteiger partial charge is 0.317 e. The summed E-state index contributed by atoms with van der Waals surface area (Å²) in [4.78, 5) is 14.8. The second-order valence-electron chi connectivity index (χ2n) is 3.82. The van der Waals surface area contributed by atoms with Gasteiger partial charge >= 0.3 is 5.97 Å². The first-order valence-corrected chi connectivity index (χ1v) is 5.87. The Kier molecular flexibility index (Phi) is 5.28. The zero-order valence-corrected chi connectivity index (χ0v) is 10.4. The highest BCUT2D eigenvalue weighted by Gasteiger charge is 2.16. The van der Waals surface area contributed by atoms with Crippen LogP contribution in [0.1, 0.15) is 6.42 Å². The maximum Gasteiger partial charge on any atom is 0.317 e. The van der Waals surface area contributed by atoms with Crippen LogP contribution in [0.4, 0.5) is 0 Å². The van der Waals surface area contributed by atoms with Crippen molar-refractivity contribution in [3.8, 4) is 0 Å². The van der Waals surface area contributed by atoms with Crippen molar-refractivity contribution in [3.63, 3.8) is 0 Å². The van der Waals surface area contributed by atoms with Gasteiger partial charge in [-0.2, -0.15) is 0 Å². The van der Waals surface area contributed by atoms with Crippen molar-refractivity contribution < 1.29 is 9.90 Å². The monoisotopic (exact) mass is 276 g/mol. The average Bonchev–Trinajstić information content (AvgIpc) is 2.29. The predicted octanol–water partition coefficient (Wildman–Crippen LogP) is 0.987. The highest BCUT2D eigenvalue weighted by Crippen LogP contribution is 2.08. The van der Waals surface area contributed by atoms with Gasteiger partial charge in [0.2, 0.25) is 0 Å². The van der Waals surface area contributed by atoms with Gasteiger partial charge in [-0.1, -0.05) is 22.5 Å². The Morgan fingerprint density at radius 1 is 1.20 bits per heavy atom. The SMILES string of the molecule is C=C(Br)CN1CCCN(CC(=O)O)CC1. The van der Waals surface area contributed by atoms with Crippen molar-refractivity contribution in [1.29, 1.82) is 0 Å². The third-order valence-electron chi connectivity index (χ3n) is 2.44. The van der Waals surface area contributed by atoms with E-state index in [9.17, 15) is 4.79 Å². The summed E-state index contributed by atoms with van der Waals surface area (Å²) in [6, 6.07) is 0. The minimum atomic E-state index is -0.742. The molecule has 0 atom stereocenters. The molecule has 0 aromatic heterocycles. The Morgan fingerprint density at radius 2 is 1.73 bits per heavy atom. The second-order valence-corrected chi connectivity index (χ2v) is 4.94. The molecule has 0 radical (unpaired) electrons. The molecule has 0 bridgehead atoms. The molecule has 1 fully saturated rings. The van der Waals surface area contributed by atoms with Gasteiger partial charge in [-0.05, 0) is 13.0 Å². The highest BCUT2D eigenvalue weighted by atomic mass is 79.9. The van der Waals surface area contributed by atoms with Gasteiger partial charge in [0, 0.05) is 30.7 Å². The van der Waals surface area contributed by atoms with E-state index >= 15 is 0 Å². The van der Waals surface area contributed by atoms with E-state index in [1.807, 2.05) is 4.90 Å². The molecule has 0 aromatic rings. The van der Waals surface area contributed by atoms with Crippen molar-refractivity contribution in [2.45, 2.75) is 6.42 Å². The van der Waals surface area contributed by atoms with Gasteiger partial charge in [0.25, 0.3) is 0 Å². The Labute approximate surface area is 98.7 Å². The summed E-state index contributed by atoms with van der Waals surface area (Å²) in [5.74, 6) is -0.742. The number of hydrogen-bond donors (Lipinski definition) is 1. The molecular formula is C10H17BrN2O2. The van der Waals surface area contributed by atoms with Crippen LogP contribution >= 0.6 is 15.9 Å². The van der Waals surface area contributed by atoms with Crippen LogP contribution in [-0.2, 0) is 4.79 Å². The molecule has 1 rings (SSSR count). The average molecular weight is 277 g/mol. The highest BCUT2D eigenvalue weighted by molar-refractivity contribution is 9.11. The Morgan fingerprint density at radius 3 is 2.20 bits per heavy atom. The van der Waals surface area contributed by atoms with E-state index < -0.39 is 5.97 Å². The zero-order chi connectivity index (χ0) is 11.3.